The van der Waals surface area contributed by atoms with E-state index in [2.05, 4.69) is 34.8 Å². The standard InChI is InChI=1S/C20H21N3O2S.C6H7N.C2H6.CH3NO/c1-14-4-5-15-6-7-16(22-13-24)12-19(15)20(14)23(21-2)17-8-10-18(11-9-17)26(3)25;1-6-2-4-7-5-3-6;1-2;2-1-3/h6-13H,2,4-5H2,1,3H3,(H,22,24);2-5H,1H3;1-2H3;1H,(H2,2,3). The van der Waals surface area contributed by atoms with Crippen molar-refractivity contribution in [3.8, 4) is 0 Å². The highest BCUT2D eigenvalue weighted by Gasteiger charge is 2.23. The molecule has 38 heavy (non-hydrogen) atoms. The monoisotopic (exact) mass is 535 g/mol. The van der Waals surface area contributed by atoms with Crippen LogP contribution in [0.25, 0.3) is 5.70 Å². The van der Waals surface area contributed by atoms with E-state index >= 15 is 0 Å². The van der Waals surface area contributed by atoms with Crippen LogP contribution in [0.2, 0.25) is 0 Å². The van der Waals surface area contributed by atoms with E-state index in [1.165, 1.54) is 16.7 Å². The molecule has 9 heteroatoms. The van der Waals surface area contributed by atoms with Gasteiger partial charge in [-0.05, 0) is 91.9 Å². The molecule has 0 saturated heterocycles. The summed E-state index contributed by atoms with van der Waals surface area (Å²) in [6.07, 6.45) is 8.04. The lowest BCUT2D eigenvalue weighted by molar-refractivity contribution is -0.107. The molecule has 0 spiro atoms. The Balaban J connectivity index is 0.000000502. The minimum absolute atomic E-state index is 0.250. The zero-order valence-corrected chi connectivity index (χ0v) is 23.5. The van der Waals surface area contributed by atoms with Gasteiger partial charge in [0.2, 0.25) is 12.8 Å². The van der Waals surface area contributed by atoms with Gasteiger partial charge >= 0.3 is 0 Å². The summed E-state index contributed by atoms with van der Waals surface area (Å²) in [7, 11) is -1.02. The fraction of sp³-hybridized carbons (Fsp3) is 0.241. The van der Waals surface area contributed by atoms with E-state index in [0.717, 1.165) is 40.4 Å². The molecule has 3 N–H and O–H groups in total. The number of nitrogens with zero attached hydrogens (tertiary/aromatic N) is 3. The largest absolute Gasteiger partial charge is 0.372 e. The van der Waals surface area contributed by atoms with Crippen molar-refractivity contribution in [1.29, 1.82) is 0 Å². The van der Waals surface area contributed by atoms with Gasteiger partial charge in [0, 0.05) is 52.3 Å². The van der Waals surface area contributed by atoms with Gasteiger partial charge in [-0.25, -0.2) is 5.01 Å². The van der Waals surface area contributed by atoms with Crippen molar-refractivity contribution in [2.24, 2.45) is 10.8 Å². The molecule has 3 aromatic rings. The van der Waals surface area contributed by atoms with Crippen LogP contribution in [-0.2, 0) is 26.8 Å². The number of nitrogens with one attached hydrogen (secondary N) is 1. The first-order valence-electron chi connectivity index (χ1n) is 12.1. The lowest BCUT2D eigenvalue weighted by atomic mass is 9.89. The third kappa shape index (κ3) is 9.40. The van der Waals surface area contributed by atoms with Gasteiger partial charge in [-0.2, -0.15) is 5.10 Å². The molecule has 1 unspecified atom stereocenters. The Morgan fingerprint density at radius 2 is 1.63 bits per heavy atom. The van der Waals surface area contributed by atoms with E-state index in [1.54, 1.807) is 23.7 Å². The molecule has 0 saturated carbocycles. The number of nitrogens with two attached hydrogens (primary N) is 1. The van der Waals surface area contributed by atoms with Crippen LogP contribution in [-0.4, -0.2) is 35.0 Å². The smallest absolute Gasteiger partial charge is 0.211 e. The minimum atomic E-state index is -1.02. The summed E-state index contributed by atoms with van der Waals surface area (Å²) in [6.45, 7) is 11.9. The maximum Gasteiger partial charge on any atom is 0.211 e. The second kappa shape index (κ2) is 17.4. The number of aromatic nitrogens is 1. The first kappa shape index (κ1) is 31.9. The number of fused-ring (bicyclic) bond motifs is 1. The lowest BCUT2D eigenvalue weighted by Gasteiger charge is -2.29. The van der Waals surface area contributed by atoms with Gasteiger partial charge in [0.15, 0.2) is 0 Å². The summed E-state index contributed by atoms with van der Waals surface area (Å²) in [5.41, 5.74) is 11.4. The number of carbonyl (C=O) groups excluding carboxylic acids is 2. The van der Waals surface area contributed by atoms with Crippen LogP contribution in [0.1, 0.15) is 43.9 Å². The fourth-order valence-corrected chi connectivity index (χ4v) is 4.14. The number of primary amides is 1. The normalized spacial score (nSPS) is 11.9. The van der Waals surface area contributed by atoms with Crippen molar-refractivity contribution in [3.63, 3.8) is 0 Å². The van der Waals surface area contributed by atoms with Gasteiger partial charge in [-0.3, -0.25) is 18.8 Å². The van der Waals surface area contributed by atoms with Gasteiger partial charge in [0.25, 0.3) is 0 Å². The van der Waals surface area contributed by atoms with E-state index in [4.69, 9.17) is 4.79 Å². The highest BCUT2D eigenvalue weighted by atomic mass is 32.2. The predicted octanol–water partition coefficient (Wildman–Crippen LogP) is 5.31. The highest BCUT2D eigenvalue weighted by Crippen LogP contribution is 2.37. The Morgan fingerprint density at radius 3 is 2.11 bits per heavy atom. The van der Waals surface area contributed by atoms with Gasteiger partial charge in [0.05, 0.1) is 11.4 Å². The SMILES string of the molecule is C=NN(C1=C(C)CCc2ccc(NC=O)cc21)c1ccc(S(C)=O)cc1.CC.Cc1ccncc1.NC=O. The average Bonchev–Trinajstić information content (AvgIpc) is 2.93. The Bertz CT molecular complexity index is 1230. The summed E-state index contributed by atoms with van der Waals surface area (Å²) in [5.74, 6) is 0. The molecule has 1 aliphatic rings. The summed E-state index contributed by atoms with van der Waals surface area (Å²) in [4.78, 5) is 24.0. The number of benzene rings is 2. The van der Waals surface area contributed by atoms with Crippen LogP contribution < -0.4 is 16.1 Å². The number of aryl methyl sites for hydroxylation is 2. The number of rotatable bonds is 6. The molecule has 1 atom stereocenters. The Labute approximate surface area is 228 Å². The van der Waals surface area contributed by atoms with Crippen molar-refractivity contribution in [2.45, 2.75) is 45.4 Å². The fourth-order valence-electron chi connectivity index (χ4n) is 3.62. The third-order valence-electron chi connectivity index (χ3n) is 5.38. The van der Waals surface area contributed by atoms with Crippen molar-refractivity contribution < 1.29 is 13.8 Å². The number of anilines is 2. The van der Waals surface area contributed by atoms with Crippen LogP contribution in [0.4, 0.5) is 11.4 Å². The maximum absolute atomic E-state index is 11.6. The molecule has 2 amide bonds. The van der Waals surface area contributed by atoms with Gasteiger partial charge in [-0.1, -0.05) is 19.9 Å². The molecule has 0 radical (unpaired) electrons. The Kier molecular flexibility index (Phi) is 14.6. The number of pyridine rings is 1. The van der Waals surface area contributed by atoms with Crippen LogP contribution in [0.15, 0.2) is 82.6 Å². The summed E-state index contributed by atoms with van der Waals surface area (Å²) >= 11 is 0. The number of hydrogen-bond acceptors (Lipinski definition) is 6. The van der Waals surface area contributed by atoms with Crippen molar-refractivity contribution in [3.05, 3.63) is 89.3 Å². The molecular formula is C29H37N5O3S. The van der Waals surface area contributed by atoms with Crippen LogP contribution in [0.3, 0.4) is 0 Å². The second-order valence-electron chi connectivity index (χ2n) is 7.82. The topological polar surface area (TPSA) is 118 Å². The molecule has 1 heterocycles. The molecule has 8 nitrogen and oxygen atoms in total. The molecule has 202 valence electrons. The third-order valence-corrected chi connectivity index (χ3v) is 6.31. The van der Waals surface area contributed by atoms with Gasteiger partial charge < -0.3 is 11.1 Å². The summed E-state index contributed by atoms with van der Waals surface area (Å²) in [5, 5.41) is 8.75. The predicted molar refractivity (Wildman–Crippen MR) is 158 cm³/mol. The lowest BCUT2D eigenvalue weighted by Crippen LogP contribution is -2.20. The number of hydrazone groups is 1. The summed E-state index contributed by atoms with van der Waals surface area (Å²) in [6, 6.07) is 17.3. The number of allylic oxidation sites excluding steroid dienone is 1. The molecule has 2 aromatic carbocycles. The molecular weight excluding hydrogens is 498 g/mol. The molecule has 0 fully saturated rings. The average molecular weight is 536 g/mol. The van der Waals surface area contributed by atoms with Crippen LogP contribution in [0.5, 0.6) is 0 Å². The maximum atomic E-state index is 11.6. The number of carbonyl (C=O) groups is 2. The molecule has 0 aliphatic heterocycles. The van der Waals surface area contributed by atoms with Crippen molar-refractivity contribution >= 4 is 47.4 Å². The summed E-state index contributed by atoms with van der Waals surface area (Å²) < 4.78 is 11.6. The molecule has 1 aromatic heterocycles. The molecule has 1 aliphatic carbocycles. The Morgan fingerprint density at radius 1 is 1.03 bits per heavy atom. The van der Waals surface area contributed by atoms with E-state index in [0.29, 0.717) is 6.41 Å². The first-order valence-corrected chi connectivity index (χ1v) is 13.7. The molecule has 0 bridgehead atoms. The van der Waals surface area contributed by atoms with Crippen molar-refractivity contribution in [1.82, 2.24) is 4.98 Å². The van der Waals surface area contributed by atoms with E-state index in [9.17, 15) is 9.00 Å². The zero-order valence-electron chi connectivity index (χ0n) is 22.7. The van der Waals surface area contributed by atoms with E-state index < -0.39 is 10.8 Å². The van der Waals surface area contributed by atoms with Crippen LogP contribution in [0, 0.1) is 6.92 Å². The van der Waals surface area contributed by atoms with Gasteiger partial charge in [-0.15, -0.1) is 0 Å². The van der Waals surface area contributed by atoms with Gasteiger partial charge in [0.1, 0.15) is 0 Å². The highest BCUT2D eigenvalue weighted by molar-refractivity contribution is 7.84. The quantitative estimate of drug-likeness (QED) is 0.252. The van der Waals surface area contributed by atoms with Crippen molar-refractivity contribution in [2.75, 3.05) is 16.6 Å². The van der Waals surface area contributed by atoms with E-state index in [1.807, 2.05) is 75.4 Å². The number of hydrogen-bond donors (Lipinski definition) is 2. The zero-order chi connectivity index (χ0) is 28.5. The Hall–Kier alpha value is -4.11. The van der Waals surface area contributed by atoms with Crippen LogP contribution >= 0.6 is 0 Å². The minimum Gasteiger partial charge on any atom is -0.372 e. The number of amides is 2. The molecule has 4 rings (SSSR count). The van der Waals surface area contributed by atoms with E-state index in [-0.39, 0.29) is 6.41 Å². The second-order valence-corrected chi connectivity index (χ2v) is 9.20. The first-order chi connectivity index (χ1) is 18.4.